The minimum atomic E-state index is -3.30. The Kier molecular flexibility index (Phi) is 3.32. The highest BCUT2D eigenvalue weighted by Crippen LogP contribution is 2.39. The van der Waals surface area contributed by atoms with Crippen molar-refractivity contribution in [2.24, 2.45) is 0 Å². The van der Waals surface area contributed by atoms with Crippen LogP contribution >= 0.6 is 0 Å². The Bertz CT molecular complexity index is 403. The molecule has 1 aromatic heterocycles. The Morgan fingerprint density at radius 1 is 1.12 bits per heavy atom. The number of alkyl halides is 2. The Labute approximate surface area is 101 Å². The molecule has 0 saturated heterocycles. The Balaban J connectivity index is 3.26. The third kappa shape index (κ3) is 2.80. The zero-order chi connectivity index (χ0) is 13.5. The second kappa shape index (κ2) is 4.02. The summed E-state index contributed by atoms with van der Waals surface area (Å²) in [5.74, 6) is -3.30. The minimum absolute atomic E-state index is 0.204. The number of aromatic nitrogens is 1. The summed E-state index contributed by atoms with van der Waals surface area (Å²) in [4.78, 5) is 4.09. The molecule has 96 valence electrons. The molecule has 1 heterocycles. The molecule has 0 amide bonds. The maximum atomic E-state index is 14.0. The largest absolute Gasteiger partial charge is 0.384 e. The number of nitrogens with zero attached hydrogens (tertiary/aromatic N) is 1. The van der Waals surface area contributed by atoms with Gasteiger partial charge in [-0.05, 0) is 26.0 Å². The molecule has 17 heavy (non-hydrogen) atoms. The molecule has 0 aliphatic heterocycles. The van der Waals surface area contributed by atoms with Crippen LogP contribution in [0.5, 0.6) is 0 Å². The van der Waals surface area contributed by atoms with Crippen LogP contribution in [0.15, 0.2) is 18.3 Å². The fraction of sp³-hybridized carbons (Fsp3) is 0.615. The lowest BCUT2D eigenvalue weighted by molar-refractivity contribution is -0.168. The van der Waals surface area contributed by atoms with Crippen molar-refractivity contribution in [3.8, 4) is 0 Å². The highest BCUT2D eigenvalue weighted by Gasteiger charge is 2.47. The van der Waals surface area contributed by atoms with E-state index in [1.54, 1.807) is 0 Å². The van der Waals surface area contributed by atoms with Crippen LogP contribution < -0.4 is 0 Å². The molecule has 0 aliphatic carbocycles. The second-order valence-corrected chi connectivity index (χ2v) is 5.81. The quantitative estimate of drug-likeness (QED) is 0.865. The Morgan fingerprint density at radius 2 is 1.65 bits per heavy atom. The molecule has 0 spiro atoms. The third-order valence-electron chi connectivity index (χ3n) is 2.66. The van der Waals surface area contributed by atoms with Crippen LogP contribution in [-0.2, 0) is 11.3 Å². The first kappa shape index (κ1) is 14.0. The number of rotatable bonds is 2. The van der Waals surface area contributed by atoms with Crippen LogP contribution in [-0.4, -0.2) is 15.7 Å². The van der Waals surface area contributed by atoms with Crippen molar-refractivity contribution in [3.63, 3.8) is 0 Å². The van der Waals surface area contributed by atoms with Crippen LogP contribution in [0.2, 0.25) is 0 Å². The van der Waals surface area contributed by atoms with Crippen LogP contribution in [0.4, 0.5) is 8.78 Å². The summed E-state index contributed by atoms with van der Waals surface area (Å²) < 4.78 is 27.9. The molecule has 0 radical (unpaired) electrons. The topological polar surface area (TPSA) is 33.1 Å². The first-order valence-corrected chi connectivity index (χ1v) is 5.53. The van der Waals surface area contributed by atoms with Gasteiger partial charge in [0.1, 0.15) is 5.60 Å². The summed E-state index contributed by atoms with van der Waals surface area (Å²) >= 11 is 0. The minimum Gasteiger partial charge on any atom is -0.384 e. The van der Waals surface area contributed by atoms with Gasteiger partial charge in [-0.3, -0.25) is 4.98 Å². The fourth-order valence-corrected chi connectivity index (χ4v) is 1.39. The Hall–Kier alpha value is -1.03. The maximum absolute atomic E-state index is 14.0. The van der Waals surface area contributed by atoms with Crippen molar-refractivity contribution in [1.29, 1.82) is 0 Å². The fourth-order valence-electron chi connectivity index (χ4n) is 1.39. The van der Waals surface area contributed by atoms with E-state index in [1.165, 1.54) is 18.3 Å². The van der Waals surface area contributed by atoms with E-state index >= 15 is 0 Å². The molecule has 0 atom stereocenters. The van der Waals surface area contributed by atoms with Gasteiger partial charge in [0.05, 0.1) is 0 Å². The van der Waals surface area contributed by atoms with Crippen LogP contribution in [0, 0.1) is 0 Å². The van der Waals surface area contributed by atoms with Crippen LogP contribution in [0.3, 0.4) is 0 Å². The van der Waals surface area contributed by atoms with Gasteiger partial charge in [0, 0.05) is 22.9 Å². The van der Waals surface area contributed by atoms with E-state index in [-0.39, 0.29) is 11.0 Å². The third-order valence-corrected chi connectivity index (χ3v) is 2.66. The molecule has 0 bridgehead atoms. The normalized spacial score (nSPS) is 13.9. The zero-order valence-electron chi connectivity index (χ0n) is 10.9. The van der Waals surface area contributed by atoms with Crippen LogP contribution in [0.1, 0.15) is 45.9 Å². The van der Waals surface area contributed by atoms with Crippen molar-refractivity contribution < 1.29 is 13.9 Å². The van der Waals surface area contributed by atoms with Crippen molar-refractivity contribution in [2.45, 2.75) is 51.6 Å². The number of halogens is 2. The summed E-state index contributed by atoms with van der Waals surface area (Å²) in [6.45, 7) is 7.92. The number of hydrogen-bond acceptors (Lipinski definition) is 2. The van der Waals surface area contributed by atoms with Gasteiger partial charge in [0.15, 0.2) is 0 Å². The molecular weight excluding hydrogens is 224 g/mol. The lowest BCUT2D eigenvalue weighted by Gasteiger charge is -2.30. The zero-order valence-corrected chi connectivity index (χ0v) is 10.9. The van der Waals surface area contributed by atoms with Gasteiger partial charge in [0.2, 0.25) is 0 Å². The van der Waals surface area contributed by atoms with Gasteiger partial charge >= 0.3 is 5.92 Å². The van der Waals surface area contributed by atoms with Gasteiger partial charge in [-0.25, -0.2) is 0 Å². The summed E-state index contributed by atoms with van der Waals surface area (Å²) in [6, 6.07) is 2.60. The van der Waals surface area contributed by atoms with Crippen molar-refractivity contribution in [2.75, 3.05) is 0 Å². The summed E-state index contributed by atoms with van der Waals surface area (Å²) in [5, 5.41) is 9.52. The van der Waals surface area contributed by atoms with Gasteiger partial charge in [-0.15, -0.1) is 0 Å². The number of pyridine rings is 1. The highest BCUT2D eigenvalue weighted by atomic mass is 19.3. The summed E-state index contributed by atoms with van der Waals surface area (Å²) in [6.07, 6.45) is 1.36. The molecule has 0 unspecified atom stereocenters. The Morgan fingerprint density at radius 3 is 2.06 bits per heavy atom. The molecule has 0 aromatic carbocycles. The number of aliphatic hydroxyl groups is 1. The molecule has 0 aliphatic rings. The molecular formula is C13H19F2NO. The molecule has 0 fully saturated rings. The summed E-state index contributed by atoms with van der Waals surface area (Å²) in [5.41, 5.74) is -2.02. The summed E-state index contributed by atoms with van der Waals surface area (Å²) in [7, 11) is 0. The van der Waals surface area contributed by atoms with Gasteiger partial charge < -0.3 is 5.11 Å². The first-order valence-electron chi connectivity index (χ1n) is 5.53. The smallest absolute Gasteiger partial charge is 0.300 e. The molecule has 4 heteroatoms. The van der Waals surface area contributed by atoms with E-state index in [0.717, 1.165) is 13.8 Å². The molecule has 2 nitrogen and oxygen atoms in total. The molecule has 1 N–H and O–H groups in total. The first-order chi connectivity index (χ1) is 7.46. The molecule has 1 aromatic rings. The van der Waals surface area contributed by atoms with E-state index in [0.29, 0.717) is 5.69 Å². The SMILES string of the molecule is CC(C)(C)c1cc(C(F)(F)C(C)(C)O)ccn1. The van der Waals surface area contributed by atoms with E-state index in [1.807, 2.05) is 20.8 Å². The average Bonchev–Trinajstić information content (AvgIpc) is 2.15. The highest BCUT2D eigenvalue weighted by molar-refractivity contribution is 5.27. The van der Waals surface area contributed by atoms with Crippen LogP contribution in [0.25, 0.3) is 0 Å². The van der Waals surface area contributed by atoms with Crippen molar-refractivity contribution in [1.82, 2.24) is 4.98 Å². The van der Waals surface area contributed by atoms with Crippen molar-refractivity contribution >= 4 is 0 Å². The molecule has 0 saturated carbocycles. The standard InChI is InChI=1S/C13H19F2NO/c1-11(2,3)10-8-9(6-7-16-10)13(14,15)12(4,5)17/h6-8,17H,1-5H3. The monoisotopic (exact) mass is 243 g/mol. The van der Waals surface area contributed by atoms with E-state index in [4.69, 9.17) is 0 Å². The van der Waals surface area contributed by atoms with Gasteiger partial charge in [-0.2, -0.15) is 8.78 Å². The maximum Gasteiger partial charge on any atom is 0.300 e. The van der Waals surface area contributed by atoms with Crippen molar-refractivity contribution in [3.05, 3.63) is 29.6 Å². The van der Waals surface area contributed by atoms with E-state index < -0.39 is 11.5 Å². The second-order valence-electron chi connectivity index (χ2n) is 5.81. The number of hydrogen-bond donors (Lipinski definition) is 1. The molecule has 1 rings (SSSR count). The van der Waals surface area contributed by atoms with Gasteiger partial charge in [0.25, 0.3) is 0 Å². The lowest BCUT2D eigenvalue weighted by Crippen LogP contribution is -2.40. The van der Waals surface area contributed by atoms with E-state index in [2.05, 4.69) is 4.98 Å². The lowest BCUT2D eigenvalue weighted by atomic mass is 9.87. The predicted octanol–water partition coefficient (Wildman–Crippen LogP) is 3.24. The predicted molar refractivity (Wildman–Crippen MR) is 63.1 cm³/mol. The van der Waals surface area contributed by atoms with E-state index in [9.17, 15) is 13.9 Å². The van der Waals surface area contributed by atoms with Gasteiger partial charge in [-0.1, -0.05) is 20.8 Å². The average molecular weight is 243 g/mol.